The molecule has 2 aromatic carbocycles. The fraction of sp³-hybridized carbons (Fsp3) is 0.395. The van der Waals surface area contributed by atoms with Gasteiger partial charge in [0.2, 0.25) is 29.5 Å². The lowest BCUT2D eigenvalue weighted by atomic mass is 9.81. The highest BCUT2D eigenvalue weighted by molar-refractivity contribution is 5.94. The Balaban J connectivity index is 0.924. The van der Waals surface area contributed by atoms with Gasteiger partial charge in [0.1, 0.15) is 18.5 Å². The van der Waals surface area contributed by atoms with Gasteiger partial charge in [0.15, 0.2) is 6.10 Å². The third-order valence-electron chi connectivity index (χ3n) is 11.4. The molecule has 2 aromatic heterocycles. The summed E-state index contributed by atoms with van der Waals surface area (Å²) in [5.74, 6) is -3.58. The van der Waals surface area contributed by atoms with Crippen molar-refractivity contribution in [3.8, 4) is 11.4 Å². The van der Waals surface area contributed by atoms with Crippen molar-refractivity contribution in [3.05, 3.63) is 97.6 Å². The molecule has 3 aliphatic rings. The Morgan fingerprint density at radius 1 is 0.951 bits per heavy atom. The van der Waals surface area contributed by atoms with Gasteiger partial charge in [-0.2, -0.15) is 0 Å². The van der Waals surface area contributed by atoms with E-state index < -0.39 is 59.2 Å². The molecule has 8 N–H and O–H groups in total. The Labute approximate surface area is 349 Å². The average molecular weight is 839 g/mol. The fourth-order valence-corrected chi connectivity index (χ4v) is 8.24. The van der Waals surface area contributed by atoms with Crippen LogP contribution in [0.3, 0.4) is 0 Å². The van der Waals surface area contributed by atoms with Crippen LogP contribution >= 0.6 is 0 Å². The first-order valence-electron chi connectivity index (χ1n) is 20.2. The van der Waals surface area contributed by atoms with Gasteiger partial charge in [0.25, 0.3) is 5.56 Å². The van der Waals surface area contributed by atoms with Crippen molar-refractivity contribution < 1.29 is 43.0 Å². The number of nitrogens with two attached hydrogens (primary N) is 1. The number of fused-ring (bicyclic) bond motifs is 5. The number of ether oxygens (including phenoxy) is 1. The van der Waals surface area contributed by atoms with E-state index in [0.29, 0.717) is 66.7 Å². The molecule has 0 saturated heterocycles. The molecule has 17 nitrogen and oxygen atoms in total. The van der Waals surface area contributed by atoms with Crippen LogP contribution in [-0.4, -0.2) is 82.4 Å². The molecule has 0 saturated carbocycles. The molecule has 7 rings (SSSR count). The Morgan fingerprint density at radius 2 is 1.72 bits per heavy atom. The second kappa shape index (κ2) is 18.4. The third kappa shape index (κ3) is 9.14. The van der Waals surface area contributed by atoms with Crippen molar-refractivity contribution in [1.82, 2.24) is 36.1 Å². The Bertz CT molecular complexity index is 2490. The predicted octanol–water partition coefficient (Wildman–Crippen LogP) is 0.662. The monoisotopic (exact) mass is 838 g/mol. The molecule has 0 bridgehead atoms. The summed E-state index contributed by atoms with van der Waals surface area (Å²) in [6.45, 7) is 0.916. The molecule has 3 atom stereocenters. The van der Waals surface area contributed by atoms with Gasteiger partial charge >= 0.3 is 5.97 Å². The number of hydrogen-bond acceptors (Lipinski definition) is 11. The number of esters is 1. The zero-order valence-electron chi connectivity index (χ0n) is 33.5. The number of amides is 5. The van der Waals surface area contributed by atoms with Crippen LogP contribution in [-0.2, 0) is 59.5 Å². The molecule has 2 aliphatic heterocycles. The van der Waals surface area contributed by atoms with Crippen molar-refractivity contribution in [3.63, 3.8) is 0 Å². The number of cyclic esters (lactones) is 1. The number of aliphatic hydroxyl groups excluding tert-OH is 1. The molecule has 5 amide bonds. The number of carbonyl (C=O) groups is 6. The van der Waals surface area contributed by atoms with E-state index >= 15 is 4.39 Å². The molecule has 18 heteroatoms. The van der Waals surface area contributed by atoms with E-state index in [0.717, 1.165) is 22.1 Å². The number of aliphatic hydroxyl groups is 1. The number of carbonyl (C=O) groups excluding carboxylic acids is 6. The van der Waals surface area contributed by atoms with Gasteiger partial charge in [-0.05, 0) is 60.9 Å². The van der Waals surface area contributed by atoms with Gasteiger partial charge in [-0.25, -0.2) is 14.2 Å². The molecule has 0 radical (unpaired) electrons. The first-order chi connectivity index (χ1) is 29.3. The lowest BCUT2D eigenvalue weighted by Crippen LogP contribution is -2.52. The van der Waals surface area contributed by atoms with Crippen molar-refractivity contribution >= 4 is 46.4 Å². The molecule has 0 fully saturated rings. The second-order valence-corrected chi connectivity index (χ2v) is 15.4. The summed E-state index contributed by atoms with van der Waals surface area (Å²) in [5.41, 5.74) is 9.94. The number of hydrogen-bond donors (Lipinski definition) is 7. The number of nitrogens with zero attached hydrogens (tertiary/aromatic N) is 2. The highest BCUT2D eigenvalue weighted by atomic mass is 19.1. The topological polar surface area (TPSA) is 253 Å². The van der Waals surface area contributed by atoms with Crippen LogP contribution in [0.4, 0.5) is 4.39 Å². The summed E-state index contributed by atoms with van der Waals surface area (Å²) in [5, 5.41) is 24.7. The van der Waals surface area contributed by atoms with Gasteiger partial charge in [0, 0.05) is 42.0 Å². The van der Waals surface area contributed by atoms with Gasteiger partial charge in [-0.15, -0.1) is 0 Å². The van der Waals surface area contributed by atoms with Crippen molar-refractivity contribution in [2.75, 3.05) is 26.2 Å². The van der Waals surface area contributed by atoms with Gasteiger partial charge in [-0.3, -0.25) is 28.8 Å². The van der Waals surface area contributed by atoms with E-state index in [1.165, 1.54) is 10.6 Å². The second-order valence-electron chi connectivity index (χ2n) is 15.4. The van der Waals surface area contributed by atoms with Crippen LogP contribution in [0, 0.1) is 12.7 Å². The largest absolute Gasteiger partial charge is 0.458 e. The number of benzene rings is 2. The average Bonchev–Trinajstić information content (AvgIpc) is 3.62. The molecule has 1 aliphatic carbocycles. The van der Waals surface area contributed by atoms with Crippen molar-refractivity contribution in [2.45, 2.75) is 83.2 Å². The van der Waals surface area contributed by atoms with E-state index in [4.69, 9.17) is 15.5 Å². The molecular weight excluding hydrogens is 792 g/mol. The Kier molecular flexibility index (Phi) is 12.8. The van der Waals surface area contributed by atoms with Gasteiger partial charge in [-0.1, -0.05) is 36.8 Å². The lowest BCUT2D eigenvalue weighted by molar-refractivity contribution is -0.157. The minimum atomic E-state index is -1.62. The van der Waals surface area contributed by atoms with E-state index in [1.54, 1.807) is 37.3 Å². The standard InChI is InChI=1S/C43H47FN8O9/c1-22-24-11-12-29(38-26-20-52-32(39(26)51-30(37(24)38)16-28(22)44)15-25-27(42(52)59)21-61-43(60)40(25)57)49-33(53)10-6-3-7-13-46-35(55)18-48-41(58)31(14-23-8-4-2-5-9-23)50-36(56)19-47-34(54)17-45/h2,4-5,8-9,15-16,29,31,40,57H,3,6-7,10-14,17-21,45H2,1H3,(H,46,55)(H,47,54)(H,48,58)(H,49,53)(H,50,56)/t29-,31-,40-/m0/s1. The van der Waals surface area contributed by atoms with Crippen LogP contribution < -0.4 is 37.9 Å². The number of unbranched alkanes of at least 4 members (excludes halogenated alkanes) is 2. The summed E-state index contributed by atoms with van der Waals surface area (Å²) in [6, 6.07) is 10.5. The summed E-state index contributed by atoms with van der Waals surface area (Å²) >= 11 is 0. The normalized spacial score (nSPS) is 16.4. The Hall–Kier alpha value is -6.53. The number of aryl methyl sites for hydroxylation is 1. The number of aromatic nitrogens is 2. The zero-order chi connectivity index (χ0) is 43.4. The maximum Gasteiger partial charge on any atom is 0.340 e. The maximum atomic E-state index is 15.2. The number of nitrogens with one attached hydrogen (secondary N) is 5. The SMILES string of the molecule is Cc1c(F)cc2nc3c(c4c2c1CC[C@@H]4NC(=O)CCCCCNC(=O)CNC(=O)[C@H](Cc1ccccc1)NC(=O)CNC(=O)CN)Cn1c-3cc2c(c1=O)COC(=O)[C@H]2O. The fourth-order valence-electron chi connectivity index (χ4n) is 8.24. The van der Waals surface area contributed by atoms with E-state index in [9.17, 15) is 38.7 Å². The van der Waals surface area contributed by atoms with Crippen molar-refractivity contribution in [1.29, 1.82) is 0 Å². The first-order valence-corrected chi connectivity index (χ1v) is 20.2. The maximum absolute atomic E-state index is 15.2. The number of pyridine rings is 2. The minimum Gasteiger partial charge on any atom is -0.458 e. The van der Waals surface area contributed by atoms with Crippen LogP contribution in [0.5, 0.6) is 0 Å². The number of halogens is 1. The van der Waals surface area contributed by atoms with Crippen LogP contribution in [0.15, 0.2) is 47.3 Å². The predicted molar refractivity (Wildman–Crippen MR) is 218 cm³/mol. The minimum absolute atomic E-state index is 0.137. The van der Waals surface area contributed by atoms with E-state index in [-0.39, 0.29) is 62.7 Å². The van der Waals surface area contributed by atoms with E-state index in [2.05, 4.69) is 26.6 Å². The van der Waals surface area contributed by atoms with Crippen LogP contribution in [0.25, 0.3) is 22.3 Å². The molecule has 4 heterocycles. The summed E-state index contributed by atoms with van der Waals surface area (Å²) < 4.78 is 21.7. The zero-order valence-corrected chi connectivity index (χ0v) is 33.5. The molecule has 320 valence electrons. The van der Waals surface area contributed by atoms with E-state index in [1.807, 2.05) is 6.07 Å². The molecule has 0 spiro atoms. The highest BCUT2D eigenvalue weighted by Gasteiger charge is 2.37. The summed E-state index contributed by atoms with van der Waals surface area (Å²) in [4.78, 5) is 93.5. The molecule has 61 heavy (non-hydrogen) atoms. The first kappa shape index (κ1) is 42.6. The number of rotatable bonds is 16. The smallest absolute Gasteiger partial charge is 0.340 e. The quantitative estimate of drug-likeness (QED) is 0.0537. The van der Waals surface area contributed by atoms with Gasteiger partial charge in [0.05, 0.1) is 54.7 Å². The molecule has 0 unspecified atom stereocenters. The van der Waals surface area contributed by atoms with Gasteiger partial charge < -0.3 is 46.7 Å². The molecular formula is C43H47FN8O9. The van der Waals surface area contributed by atoms with Crippen LogP contribution in [0.1, 0.15) is 83.2 Å². The lowest BCUT2D eigenvalue weighted by Gasteiger charge is -2.29. The third-order valence-corrected chi connectivity index (χ3v) is 11.4. The molecule has 4 aromatic rings. The van der Waals surface area contributed by atoms with Crippen molar-refractivity contribution in [2.24, 2.45) is 5.73 Å². The highest BCUT2D eigenvalue weighted by Crippen LogP contribution is 2.45. The van der Waals surface area contributed by atoms with Crippen LogP contribution in [0.2, 0.25) is 0 Å². The summed E-state index contributed by atoms with van der Waals surface area (Å²) in [6.07, 6.45) is 1.45. The summed E-state index contributed by atoms with van der Waals surface area (Å²) in [7, 11) is 0. The Morgan fingerprint density at radius 3 is 2.49 bits per heavy atom.